The summed E-state index contributed by atoms with van der Waals surface area (Å²) in [5.41, 5.74) is -0.723. The van der Waals surface area contributed by atoms with Crippen LogP contribution in [0.3, 0.4) is 0 Å². The van der Waals surface area contributed by atoms with Gasteiger partial charge in [-0.25, -0.2) is 0 Å². The highest BCUT2D eigenvalue weighted by Gasteiger charge is 2.36. The van der Waals surface area contributed by atoms with E-state index in [2.05, 4.69) is 6.92 Å². The Labute approximate surface area is 112 Å². The van der Waals surface area contributed by atoms with Gasteiger partial charge >= 0.3 is 5.97 Å². The molecule has 0 saturated heterocycles. The molecular weight excluding hydrogens is 228 g/mol. The molecule has 0 fully saturated rings. The van der Waals surface area contributed by atoms with Crippen LogP contribution in [0.2, 0.25) is 0 Å². The maximum Gasteiger partial charge on any atom is 0.309 e. The standard InChI is InChI=1S/C15H30O3/c1-4-6-7-8-9-10-11-15(5-2,14(17)18)12-13(3)16/h13,16H,4-12H2,1-3H3,(H,17,18). The molecule has 18 heavy (non-hydrogen) atoms. The molecule has 0 bridgehead atoms. The lowest BCUT2D eigenvalue weighted by molar-refractivity contribution is -0.151. The molecule has 0 rings (SSSR count). The Morgan fingerprint density at radius 2 is 1.67 bits per heavy atom. The minimum atomic E-state index is -0.751. The molecule has 2 unspecified atom stereocenters. The predicted molar refractivity (Wildman–Crippen MR) is 74.7 cm³/mol. The summed E-state index contributed by atoms with van der Waals surface area (Å²) in [6.45, 7) is 5.78. The number of aliphatic hydroxyl groups is 1. The molecule has 0 spiro atoms. The molecule has 2 N–H and O–H groups in total. The van der Waals surface area contributed by atoms with Crippen LogP contribution in [0.1, 0.15) is 78.6 Å². The fraction of sp³-hybridized carbons (Fsp3) is 0.933. The number of hydrogen-bond acceptors (Lipinski definition) is 2. The van der Waals surface area contributed by atoms with E-state index in [1.54, 1.807) is 6.92 Å². The number of carboxylic acid groups (broad SMARTS) is 1. The summed E-state index contributed by atoms with van der Waals surface area (Å²) >= 11 is 0. The minimum Gasteiger partial charge on any atom is -0.481 e. The first kappa shape index (κ1) is 17.4. The number of hydrogen-bond donors (Lipinski definition) is 2. The molecule has 0 saturated carbocycles. The quantitative estimate of drug-likeness (QED) is 0.551. The van der Waals surface area contributed by atoms with Gasteiger partial charge in [-0.1, -0.05) is 52.4 Å². The van der Waals surface area contributed by atoms with Gasteiger partial charge in [-0.05, 0) is 26.2 Å². The van der Waals surface area contributed by atoms with Gasteiger partial charge in [0.15, 0.2) is 0 Å². The maximum atomic E-state index is 11.4. The average Bonchev–Trinajstić information content (AvgIpc) is 2.31. The highest BCUT2D eigenvalue weighted by atomic mass is 16.4. The Kier molecular flexibility index (Phi) is 9.08. The zero-order valence-corrected chi connectivity index (χ0v) is 12.2. The normalized spacial score (nSPS) is 16.2. The molecule has 0 aromatic rings. The van der Waals surface area contributed by atoms with E-state index in [4.69, 9.17) is 0 Å². The van der Waals surface area contributed by atoms with Gasteiger partial charge < -0.3 is 10.2 Å². The second-order valence-corrected chi connectivity index (χ2v) is 5.51. The summed E-state index contributed by atoms with van der Waals surface area (Å²) in [5, 5.41) is 18.9. The van der Waals surface area contributed by atoms with Gasteiger partial charge in [-0.2, -0.15) is 0 Å². The molecule has 0 aliphatic rings. The Morgan fingerprint density at radius 1 is 1.11 bits per heavy atom. The lowest BCUT2D eigenvalue weighted by Gasteiger charge is -2.29. The molecule has 0 aliphatic carbocycles. The summed E-state index contributed by atoms with van der Waals surface area (Å²) in [5.74, 6) is -0.751. The monoisotopic (exact) mass is 258 g/mol. The van der Waals surface area contributed by atoms with Crippen molar-refractivity contribution >= 4 is 5.97 Å². The zero-order chi connectivity index (χ0) is 14.0. The Morgan fingerprint density at radius 3 is 2.11 bits per heavy atom. The molecule has 0 amide bonds. The van der Waals surface area contributed by atoms with Crippen molar-refractivity contribution in [1.29, 1.82) is 0 Å². The predicted octanol–water partition coefficient (Wildman–Crippen LogP) is 3.99. The van der Waals surface area contributed by atoms with Crippen LogP contribution >= 0.6 is 0 Å². The highest BCUT2D eigenvalue weighted by Crippen LogP contribution is 2.34. The van der Waals surface area contributed by atoms with Crippen LogP contribution in [0.25, 0.3) is 0 Å². The number of carbonyl (C=O) groups is 1. The molecule has 0 radical (unpaired) electrons. The maximum absolute atomic E-state index is 11.4. The van der Waals surface area contributed by atoms with Gasteiger partial charge in [0.1, 0.15) is 0 Å². The van der Waals surface area contributed by atoms with Crippen LogP contribution in [-0.2, 0) is 4.79 Å². The topological polar surface area (TPSA) is 57.5 Å². The SMILES string of the molecule is CCCCCCCCC(CC)(CC(C)O)C(=O)O. The van der Waals surface area contributed by atoms with E-state index in [9.17, 15) is 15.0 Å². The van der Waals surface area contributed by atoms with Crippen molar-refractivity contribution in [2.45, 2.75) is 84.7 Å². The molecule has 0 aromatic heterocycles. The first-order chi connectivity index (χ1) is 8.48. The van der Waals surface area contributed by atoms with E-state index in [1.807, 2.05) is 6.92 Å². The van der Waals surface area contributed by atoms with Crippen LogP contribution in [0.5, 0.6) is 0 Å². The Balaban J connectivity index is 4.12. The van der Waals surface area contributed by atoms with E-state index >= 15 is 0 Å². The largest absolute Gasteiger partial charge is 0.481 e. The van der Waals surface area contributed by atoms with Gasteiger partial charge in [0, 0.05) is 0 Å². The van der Waals surface area contributed by atoms with Crippen LogP contribution in [0.15, 0.2) is 0 Å². The summed E-state index contributed by atoms with van der Waals surface area (Å²) in [7, 11) is 0. The smallest absolute Gasteiger partial charge is 0.309 e. The summed E-state index contributed by atoms with van der Waals surface area (Å²) in [6, 6.07) is 0. The zero-order valence-electron chi connectivity index (χ0n) is 12.2. The van der Waals surface area contributed by atoms with Gasteiger partial charge in [0.2, 0.25) is 0 Å². The van der Waals surface area contributed by atoms with E-state index < -0.39 is 17.5 Å². The number of rotatable bonds is 11. The Hall–Kier alpha value is -0.570. The first-order valence-electron chi connectivity index (χ1n) is 7.40. The van der Waals surface area contributed by atoms with E-state index in [1.165, 1.54) is 25.7 Å². The van der Waals surface area contributed by atoms with E-state index in [0.29, 0.717) is 19.3 Å². The molecule has 108 valence electrons. The summed E-state index contributed by atoms with van der Waals surface area (Å²) in [6.07, 6.45) is 8.13. The van der Waals surface area contributed by atoms with E-state index in [0.717, 1.165) is 12.8 Å². The van der Waals surface area contributed by atoms with Crippen LogP contribution in [-0.4, -0.2) is 22.3 Å². The Bertz CT molecular complexity index is 226. The van der Waals surface area contributed by atoms with Crippen molar-refractivity contribution in [3.8, 4) is 0 Å². The summed E-state index contributed by atoms with van der Waals surface area (Å²) in [4.78, 5) is 11.4. The average molecular weight is 258 g/mol. The molecule has 2 atom stereocenters. The van der Waals surface area contributed by atoms with Crippen molar-refractivity contribution in [2.24, 2.45) is 5.41 Å². The van der Waals surface area contributed by atoms with Crippen molar-refractivity contribution in [1.82, 2.24) is 0 Å². The van der Waals surface area contributed by atoms with Crippen molar-refractivity contribution < 1.29 is 15.0 Å². The third kappa shape index (κ3) is 6.39. The van der Waals surface area contributed by atoms with Gasteiger partial charge in [0.05, 0.1) is 11.5 Å². The number of unbranched alkanes of at least 4 members (excludes halogenated alkanes) is 5. The van der Waals surface area contributed by atoms with Crippen molar-refractivity contribution in [3.63, 3.8) is 0 Å². The van der Waals surface area contributed by atoms with Crippen molar-refractivity contribution in [3.05, 3.63) is 0 Å². The lowest BCUT2D eigenvalue weighted by Crippen LogP contribution is -2.33. The molecule has 3 nitrogen and oxygen atoms in total. The second-order valence-electron chi connectivity index (χ2n) is 5.51. The van der Waals surface area contributed by atoms with Crippen molar-refractivity contribution in [2.75, 3.05) is 0 Å². The molecule has 0 aliphatic heterocycles. The molecule has 3 heteroatoms. The van der Waals surface area contributed by atoms with Crippen LogP contribution in [0, 0.1) is 5.41 Å². The molecule has 0 aromatic carbocycles. The fourth-order valence-electron chi connectivity index (χ4n) is 2.58. The van der Waals surface area contributed by atoms with Gasteiger partial charge in [0.25, 0.3) is 0 Å². The number of aliphatic carboxylic acids is 1. The fourth-order valence-corrected chi connectivity index (χ4v) is 2.58. The van der Waals surface area contributed by atoms with E-state index in [-0.39, 0.29) is 0 Å². The lowest BCUT2D eigenvalue weighted by atomic mass is 9.76. The minimum absolute atomic E-state index is 0.369. The third-order valence-electron chi connectivity index (χ3n) is 3.83. The number of aliphatic hydroxyl groups excluding tert-OH is 1. The third-order valence-corrected chi connectivity index (χ3v) is 3.83. The van der Waals surface area contributed by atoms with Crippen LogP contribution in [0.4, 0.5) is 0 Å². The second kappa shape index (κ2) is 9.37. The summed E-state index contributed by atoms with van der Waals surface area (Å²) < 4.78 is 0. The van der Waals surface area contributed by atoms with Gasteiger partial charge in [-0.15, -0.1) is 0 Å². The molecule has 0 heterocycles. The van der Waals surface area contributed by atoms with Crippen LogP contribution < -0.4 is 0 Å². The van der Waals surface area contributed by atoms with Gasteiger partial charge in [-0.3, -0.25) is 4.79 Å². The number of carboxylic acids is 1. The first-order valence-corrected chi connectivity index (χ1v) is 7.40. The molecular formula is C15H30O3. The highest BCUT2D eigenvalue weighted by molar-refractivity contribution is 5.74.